The van der Waals surface area contributed by atoms with Crippen molar-refractivity contribution in [1.29, 1.82) is 0 Å². The van der Waals surface area contributed by atoms with Crippen LogP contribution in [0.25, 0.3) is 0 Å². The molecule has 1 aliphatic rings. The molecule has 1 aliphatic heterocycles. The molecule has 1 saturated heterocycles. The first-order valence-corrected chi connectivity index (χ1v) is 4.72. The zero-order valence-electron chi connectivity index (χ0n) is 8.34. The lowest BCUT2D eigenvalue weighted by Gasteiger charge is -2.41. The van der Waals surface area contributed by atoms with E-state index in [9.17, 15) is 10.2 Å². The fourth-order valence-corrected chi connectivity index (χ4v) is 1.67. The molecule has 0 aromatic rings. The van der Waals surface area contributed by atoms with E-state index in [-0.39, 0.29) is 18.1 Å². The summed E-state index contributed by atoms with van der Waals surface area (Å²) in [5.74, 6) is 0.180. The number of nitrogens with two attached hydrogens (primary N) is 1. The molecule has 4 nitrogen and oxygen atoms in total. The molecular formula is C9H19NO3. The molecule has 4 heteroatoms. The SMILES string of the molecule is CC1O[C@@H](C(C)C)[C@H](O)C(O)[C@H]1N. The Morgan fingerprint density at radius 2 is 1.77 bits per heavy atom. The molecule has 5 atom stereocenters. The van der Waals surface area contributed by atoms with Gasteiger partial charge in [-0.05, 0) is 12.8 Å². The average molecular weight is 189 g/mol. The van der Waals surface area contributed by atoms with Crippen molar-refractivity contribution < 1.29 is 14.9 Å². The Morgan fingerprint density at radius 3 is 2.23 bits per heavy atom. The fourth-order valence-electron chi connectivity index (χ4n) is 1.67. The number of rotatable bonds is 1. The van der Waals surface area contributed by atoms with Gasteiger partial charge in [-0.3, -0.25) is 0 Å². The van der Waals surface area contributed by atoms with Gasteiger partial charge in [-0.2, -0.15) is 0 Å². The van der Waals surface area contributed by atoms with Crippen molar-refractivity contribution in [2.75, 3.05) is 0 Å². The molecule has 0 aromatic carbocycles. The molecule has 0 aliphatic carbocycles. The Morgan fingerprint density at radius 1 is 1.23 bits per heavy atom. The number of hydrogen-bond donors (Lipinski definition) is 3. The Bertz CT molecular complexity index is 174. The molecule has 1 rings (SSSR count). The van der Waals surface area contributed by atoms with Crippen LogP contribution in [0.3, 0.4) is 0 Å². The Balaban J connectivity index is 2.70. The van der Waals surface area contributed by atoms with E-state index in [2.05, 4.69) is 0 Å². The summed E-state index contributed by atoms with van der Waals surface area (Å²) >= 11 is 0. The van der Waals surface area contributed by atoms with Crippen LogP contribution < -0.4 is 5.73 Å². The average Bonchev–Trinajstić information content (AvgIpc) is 2.07. The van der Waals surface area contributed by atoms with Gasteiger partial charge in [0.15, 0.2) is 0 Å². The highest BCUT2D eigenvalue weighted by Crippen LogP contribution is 2.24. The number of ether oxygens (including phenoxy) is 1. The van der Waals surface area contributed by atoms with E-state index in [0.717, 1.165) is 0 Å². The minimum Gasteiger partial charge on any atom is -0.389 e. The van der Waals surface area contributed by atoms with Gasteiger partial charge in [0.25, 0.3) is 0 Å². The van der Waals surface area contributed by atoms with E-state index in [0.29, 0.717) is 0 Å². The fraction of sp³-hybridized carbons (Fsp3) is 1.00. The molecule has 0 radical (unpaired) electrons. The van der Waals surface area contributed by atoms with Crippen molar-refractivity contribution in [2.24, 2.45) is 11.7 Å². The third-order valence-electron chi connectivity index (χ3n) is 2.65. The molecule has 13 heavy (non-hydrogen) atoms. The second-order valence-electron chi connectivity index (χ2n) is 4.11. The van der Waals surface area contributed by atoms with Crippen molar-refractivity contribution in [1.82, 2.24) is 0 Å². The molecule has 1 fully saturated rings. The van der Waals surface area contributed by atoms with Gasteiger partial charge in [0.1, 0.15) is 6.10 Å². The summed E-state index contributed by atoms with van der Waals surface area (Å²) in [6.45, 7) is 5.71. The standard InChI is InChI=1S/C9H19NO3/c1-4(2)9-8(12)7(11)6(10)5(3)13-9/h4-9,11-12H,10H2,1-3H3/t5?,6-,7?,8+,9-/m0/s1. The second-order valence-corrected chi connectivity index (χ2v) is 4.11. The van der Waals surface area contributed by atoms with Gasteiger partial charge >= 0.3 is 0 Å². The van der Waals surface area contributed by atoms with Gasteiger partial charge < -0.3 is 20.7 Å². The van der Waals surface area contributed by atoms with E-state index < -0.39 is 18.2 Å². The highest BCUT2D eigenvalue weighted by molar-refractivity contribution is 4.93. The zero-order valence-corrected chi connectivity index (χ0v) is 8.34. The molecule has 0 bridgehead atoms. The number of aliphatic hydroxyl groups is 2. The zero-order chi connectivity index (χ0) is 10.2. The van der Waals surface area contributed by atoms with Crippen LogP contribution in [0.2, 0.25) is 0 Å². The number of hydrogen-bond acceptors (Lipinski definition) is 4. The summed E-state index contributed by atoms with van der Waals surface area (Å²) in [5.41, 5.74) is 5.64. The van der Waals surface area contributed by atoms with Crippen LogP contribution in [0.5, 0.6) is 0 Å². The van der Waals surface area contributed by atoms with Crippen molar-refractivity contribution in [3.8, 4) is 0 Å². The lowest BCUT2D eigenvalue weighted by molar-refractivity contribution is -0.186. The molecule has 78 valence electrons. The van der Waals surface area contributed by atoms with E-state index in [1.54, 1.807) is 0 Å². The molecule has 0 amide bonds. The predicted octanol–water partition coefficient (Wildman–Crippen LogP) is -0.521. The topological polar surface area (TPSA) is 75.7 Å². The van der Waals surface area contributed by atoms with Gasteiger partial charge in [-0.15, -0.1) is 0 Å². The molecular weight excluding hydrogens is 170 g/mol. The lowest BCUT2D eigenvalue weighted by atomic mass is 9.89. The Labute approximate surface area is 78.7 Å². The summed E-state index contributed by atoms with van der Waals surface area (Å²) < 4.78 is 5.51. The second kappa shape index (κ2) is 3.92. The van der Waals surface area contributed by atoms with Gasteiger partial charge in [-0.25, -0.2) is 0 Å². The largest absolute Gasteiger partial charge is 0.389 e. The van der Waals surface area contributed by atoms with Gasteiger partial charge in [0, 0.05) is 0 Å². The van der Waals surface area contributed by atoms with E-state index in [1.807, 2.05) is 20.8 Å². The predicted molar refractivity (Wildman–Crippen MR) is 49.2 cm³/mol. The molecule has 0 spiro atoms. The monoisotopic (exact) mass is 189 g/mol. The van der Waals surface area contributed by atoms with Crippen molar-refractivity contribution in [2.45, 2.75) is 51.2 Å². The van der Waals surface area contributed by atoms with Gasteiger partial charge in [-0.1, -0.05) is 13.8 Å². The maximum absolute atomic E-state index is 9.64. The van der Waals surface area contributed by atoms with Crippen LogP contribution in [0.15, 0.2) is 0 Å². The minimum absolute atomic E-state index is 0.180. The quantitative estimate of drug-likeness (QED) is 0.519. The van der Waals surface area contributed by atoms with Crippen molar-refractivity contribution >= 4 is 0 Å². The van der Waals surface area contributed by atoms with Crippen molar-refractivity contribution in [3.05, 3.63) is 0 Å². The third kappa shape index (κ3) is 2.02. The van der Waals surface area contributed by atoms with Gasteiger partial charge in [0.05, 0.1) is 24.4 Å². The normalized spacial score (nSPS) is 46.8. The molecule has 2 unspecified atom stereocenters. The van der Waals surface area contributed by atoms with Crippen LogP contribution in [-0.2, 0) is 4.74 Å². The molecule has 1 heterocycles. The van der Waals surface area contributed by atoms with Crippen LogP contribution in [-0.4, -0.2) is 40.7 Å². The van der Waals surface area contributed by atoms with Crippen LogP contribution in [0.1, 0.15) is 20.8 Å². The smallest absolute Gasteiger partial charge is 0.108 e. The first-order valence-electron chi connectivity index (χ1n) is 4.72. The van der Waals surface area contributed by atoms with Crippen LogP contribution in [0.4, 0.5) is 0 Å². The molecule has 4 N–H and O–H groups in total. The maximum atomic E-state index is 9.64. The summed E-state index contributed by atoms with van der Waals surface area (Å²) in [7, 11) is 0. The Kier molecular flexibility index (Phi) is 3.29. The van der Waals surface area contributed by atoms with Crippen LogP contribution >= 0.6 is 0 Å². The van der Waals surface area contributed by atoms with E-state index in [4.69, 9.17) is 10.5 Å². The van der Waals surface area contributed by atoms with E-state index in [1.165, 1.54) is 0 Å². The maximum Gasteiger partial charge on any atom is 0.108 e. The van der Waals surface area contributed by atoms with Gasteiger partial charge in [0.2, 0.25) is 0 Å². The highest BCUT2D eigenvalue weighted by atomic mass is 16.5. The molecule has 0 saturated carbocycles. The van der Waals surface area contributed by atoms with E-state index >= 15 is 0 Å². The molecule has 0 aromatic heterocycles. The summed E-state index contributed by atoms with van der Waals surface area (Å²) in [4.78, 5) is 0. The van der Waals surface area contributed by atoms with Crippen molar-refractivity contribution in [3.63, 3.8) is 0 Å². The summed E-state index contributed by atoms with van der Waals surface area (Å²) in [6.07, 6.45) is -2.27. The third-order valence-corrected chi connectivity index (χ3v) is 2.65. The summed E-state index contributed by atoms with van der Waals surface area (Å²) in [6, 6.07) is -0.495. The minimum atomic E-state index is -0.879. The lowest BCUT2D eigenvalue weighted by Crippen LogP contribution is -2.61. The van der Waals surface area contributed by atoms with Crippen LogP contribution in [0, 0.1) is 5.92 Å². The Hall–Kier alpha value is -0.160. The highest BCUT2D eigenvalue weighted by Gasteiger charge is 2.41. The number of aliphatic hydroxyl groups excluding tert-OH is 2. The first-order chi connectivity index (χ1) is 5.95. The first kappa shape index (κ1) is 10.9. The summed E-state index contributed by atoms with van der Waals surface area (Å²) in [5, 5.41) is 19.2.